The standard InChI is InChI=1S/C18H26N4O4S/c1-4-26-12-7-5-11(6-8-12)14-19-15-13(16(20-14)27-10-9-23)17(24)22(3)18(25)21(15)2/h5-8,13-16,19-20,23H,4,9-10H2,1-3H3. The number of carbonyl (C=O) groups is 2. The number of aliphatic hydroxyl groups is 1. The minimum Gasteiger partial charge on any atom is -0.494 e. The van der Waals surface area contributed by atoms with Crippen LogP contribution in [0.1, 0.15) is 18.7 Å². The number of hydrogen-bond acceptors (Lipinski definition) is 7. The summed E-state index contributed by atoms with van der Waals surface area (Å²) in [5, 5.41) is 15.8. The third kappa shape index (κ3) is 3.91. The van der Waals surface area contributed by atoms with Crippen LogP contribution >= 0.6 is 11.8 Å². The number of amides is 3. The average molecular weight is 394 g/mol. The maximum atomic E-state index is 12.8. The first-order chi connectivity index (χ1) is 13.0. The number of carbonyl (C=O) groups excluding carboxylic acids is 2. The number of nitrogens with zero attached hydrogens (tertiary/aromatic N) is 2. The van der Waals surface area contributed by atoms with Crippen molar-refractivity contribution in [1.29, 1.82) is 0 Å². The van der Waals surface area contributed by atoms with Gasteiger partial charge < -0.3 is 14.7 Å². The lowest BCUT2D eigenvalue weighted by atomic mass is 9.96. The van der Waals surface area contributed by atoms with E-state index in [4.69, 9.17) is 4.74 Å². The van der Waals surface area contributed by atoms with Crippen LogP contribution < -0.4 is 15.4 Å². The van der Waals surface area contributed by atoms with Crippen LogP contribution in [0, 0.1) is 5.92 Å². The molecule has 0 saturated carbocycles. The van der Waals surface area contributed by atoms with Crippen LogP contribution in [0.4, 0.5) is 4.79 Å². The molecule has 3 N–H and O–H groups in total. The highest BCUT2D eigenvalue weighted by atomic mass is 32.2. The van der Waals surface area contributed by atoms with E-state index in [0.717, 1.165) is 16.2 Å². The van der Waals surface area contributed by atoms with Crippen LogP contribution in [0.5, 0.6) is 5.75 Å². The number of imide groups is 1. The third-order valence-corrected chi connectivity index (χ3v) is 6.08. The predicted octanol–water partition coefficient (Wildman–Crippen LogP) is 0.794. The number of urea groups is 1. The van der Waals surface area contributed by atoms with Crippen molar-refractivity contribution in [2.45, 2.75) is 24.6 Å². The van der Waals surface area contributed by atoms with E-state index >= 15 is 0 Å². The number of hydrogen-bond donors (Lipinski definition) is 3. The Hall–Kier alpha value is -1.81. The van der Waals surface area contributed by atoms with E-state index in [9.17, 15) is 14.7 Å². The van der Waals surface area contributed by atoms with Crippen molar-refractivity contribution in [2.75, 3.05) is 33.1 Å². The van der Waals surface area contributed by atoms with E-state index in [-0.39, 0.29) is 30.1 Å². The summed E-state index contributed by atoms with van der Waals surface area (Å²) in [7, 11) is 3.20. The molecule has 2 aliphatic rings. The van der Waals surface area contributed by atoms with Gasteiger partial charge in [0.2, 0.25) is 5.91 Å². The highest BCUT2D eigenvalue weighted by molar-refractivity contribution is 7.99. The van der Waals surface area contributed by atoms with Gasteiger partial charge in [-0.1, -0.05) is 12.1 Å². The van der Waals surface area contributed by atoms with Crippen molar-refractivity contribution in [1.82, 2.24) is 20.4 Å². The lowest BCUT2D eigenvalue weighted by molar-refractivity contribution is -0.140. The van der Waals surface area contributed by atoms with Gasteiger partial charge >= 0.3 is 6.03 Å². The number of thioether (sulfide) groups is 1. The Kier molecular flexibility index (Phi) is 6.25. The lowest BCUT2D eigenvalue weighted by Gasteiger charge is -2.50. The molecule has 0 radical (unpaired) electrons. The zero-order valence-electron chi connectivity index (χ0n) is 15.7. The Morgan fingerprint density at radius 1 is 1.19 bits per heavy atom. The van der Waals surface area contributed by atoms with Gasteiger partial charge in [0.25, 0.3) is 0 Å². The van der Waals surface area contributed by atoms with Crippen LogP contribution in [0.3, 0.4) is 0 Å². The van der Waals surface area contributed by atoms with Gasteiger partial charge in [-0.3, -0.25) is 20.3 Å². The molecule has 0 aromatic heterocycles. The number of benzene rings is 1. The van der Waals surface area contributed by atoms with Crippen LogP contribution in [-0.2, 0) is 4.79 Å². The number of fused-ring (bicyclic) bond motifs is 1. The van der Waals surface area contributed by atoms with Crippen LogP contribution in [0.2, 0.25) is 0 Å². The average Bonchev–Trinajstić information content (AvgIpc) is 2.69. The van der Waals surface area contributed by atoms with Crippen molar-refractivity contribution in [3.8, 4) is 5.75 Å². The third-order valence-electron chi connectivity index (χ3n) is 4.87. The number of rotatable bonds is 6. The second kappa shape index (κ2) is 8.47. The van der Waals surface area contributed by atoms with Gasteiger partial charge in [-0.15, -0.1) is 11.8 Å². The van der Waals surface area contributed by atoms with Crippen molar-refractivity contribution in [3.05, 3.63) is 29.8 Å². The molecule has 4 unspecified atom stereocenters. The van der Waals surface area contributed by atoms with Crippen molar-refractivity contribution >= 4 is 23.7 Å². The fraction of sp³-hybridized carbons (Fsp3) is 0.556. The molecule has 3 rings (SSSR count). The highest BCUT2D eigenvalue weighted by Gasteiger charge is 2.50. The van der Waals surface area contributed by atoms with E-state index in [1.807, 2.05) is 31.2 Å². The van der Waals surface area contributed by atoms with Crippen LogP contribution in [0.25, 0.3) is 0 Å². The molecule has 2 aliphatic heterocycles. The van der Waals surface area contributed by atoms with Gasteiger partial charge in [0.1, 0.15) is 5.75 Å². The van der Waals surface area contributed by atoms with Gasteiger partial charge in [-0.25, -0.2) is 4.79 Å². The zero-order valence-corrected chi connectivity index (χ0v) is 16.5. The minimum absolute atomic E-state index is 0.0280. The number of nitrogens with one attached hydrogen (secondary N) is 2. The molecule has 27 heavy (non-hydrogen) atoms. The molecule has 0 aliphatic carbocycles. The molecule has 0 spiro atoms. The van der Waals surface area contributed by atoms with Gasteiger partial charge in [0.15, 0.2) is 0 Å². The number of aliphatic hydroxyl groups excluding tert-OH is 1. The van der Waals surface area contributed by atoms with Gasteiger partial charge in [0.05, 0.1) is 36.8 Å². The van der Waals surface area contributed by atoms with Gasteiger partial charge in [0, 0.05) is 19.8 Å². The molecule has 8 nitrogen and oxygen atoms in total. The maximum absolute atomic E-state index is 12.8. The zero-order chi connectivity index (χ0) is 19.6. The normalized spacial score (nSPS) is 28.3. The Morgan fingerprint density at radius 2 is 1.89 bits per heavy atom. The first kappa shape index (κ1) is 19.9. The van der Waals surface area contributed by atoms with Gasteiger partial charge in [-0.05, 0) is 24.6 Å². The van der Waals surface area contributed by atoms with Crippen molar-refractivity contribution in [2.24, 2.45) is 5.92 Å². The largest absolute Gasteiger partial charge is 0.494 e. The highest BCUT2D eigenvalue weighted by Crippen LogP contribution is 2.34. The van der Waals surface area contributed by atoms with E-state index in [1.165, 1.54) is 18.8 Å². The fourth-order valence-corrected chi connectivity index (χ4v) is 4.56. The van der Waals surface area contributed by atoms with Gasteiger partial charge in [-0.2, -0.15) is 0 Å². The molecule has 2 heterocycles. The molecule has 1 aromatic carbocycles. The summed E-state index contributed by atoms with van der Waals surface area (Å²) in [5.41, 5.74) is 0.985. The molecular weight excluding hydrogens is 368 g/mol. The first-order valence-corrected chi connectivity index (χ1v) is 10.0. The van der Waals surface area contributed by atoms with E-state index in [0.29, 0.717) is 12.4 Å². The molecule has 4 atom stereocenters. The molecule has 9 heteroatoms. The maximum Gasteiger partial charge on any atom is 0.327 e. The molecule has 0 bridgehead atoms. The molecule has 1 aromatic rings. The molecule has 148 valence electrons. The summed E-state index contributed by atoms with van der Waals surface area (Å²) >= 11 is 1.49. The first-order valence-electron chi connectivity index (χ1n) is 8.99. The number of ether oxygens (including phenoxy) is 1. The molecule has 2 fully saturated rings. The Labute approximate surface area is 163 Å². The topological polar surface area (TPSA) is 94.1 Å². The second-order valence-corrected chi connectivity index (χ2v) is 7.79. The van der Waals surface area contributed by atoms with E-state index in [2.05, 4.69) is 10.6 Å². The summed E-state index contributed by atoms with van der Waals surface area (Å²) in [6.07, 6.45) is -0.653. The monoisotopic (exact) mass is 394 g/mol. The van der Waals surface area contributed by atoms with Crippen molar-refractivity contribution in [3.63, 3.8) is 0 Å². The summed E-state index contributed by atoms with van der Waals surface area (Å²) in [5.74, 6) is 0.644. The van der Waals surface area contributed by atoms with Crippen molar-refractivity contribution < 1.29 is 19.4 Å². The fourth-order valence-electron chi connectivity index (χ4n) is 3.49. The summed E-state index contributed by atoms with van der Waals surface area (Å²) in [6, 6.07) is 7.40. The van der Waals surface area contributed by atoms with E-state index in [1.54, 1.807) is 11.9 Å². The van der Waals surface area contributed by atoms with Crippen LogP contribution in [-0.4, -0.2) is 71.4 Å². The Morgan fingerprint density at radius 3 is 2.52 bits per heavy atom. The Balaban J connectivity index is 1.86. The smallest absolute Gasteiger partial charge is 0.327 e. The molecule has 2 saturated heterocycles. The summed E-state index contributed by atoms with van der Waals surface area (Å²) in [4.78, 5) is 27.9. The molecular formula is C18H26N4O4S. The minimum atomic E-state index is -0.437. The molecule has 3 amide bonds. The SMILES string of the molecule is CCOc1ccc(C2NC(SCCO)C3C(=O)N(C)C(=O)N(C)C3N2)cc1. The van der Waals surface area contributed by atoms with Crippen LogP contribution in [0.15, 0.2) is 24.3 Å². The quantitative estimate of drug-likeness (QED) is 0.657. The second-order valence-electron chi connectivity index (χ2n) is 6.54. The lowest BCUT2D eigenvalue weighted by Crippen LogP contribution is -2.72. The summed E-state index contributed by atoms with van der Waals surface area (Å²) in [6.45, 7) is 2.57. The predicted molar refractivity (Wildman–Crippen MR) is 103 cm³/mol. The Bertz CT molecular complexity index is 686. The summed E-state index contributed by atoms with van der Waals surface area (Å²) < 4.78 is 5.49. The van der Waals surface area contributed by atoms with E-state index < -0.39 is 12.1 Å².